The van der Waals surface area contributed by atoms with Crippen molar-refractivity contribution in [3.8, 4) is 0 Å². The van der Waals surface area contributed by atoms with Crippen LogP contribution in [0.3, 0.4) is 0 Å². The topological polar surface area (TPSA) is 55.2 Å². The van der Waals surface area contributed by atoms with Gasteiger partial charge in [-0.3, -0.25) is 4.68 Å². The van der Waals surface area contributed by atoms with Crippen molar-refractivity contribution < 1.29 is 4.74 Å². The van der Waals surface area contributed by atoms with Crippen LogP contribution in [0.15, 0.2) is 30.7 Å². The van der Waals surface area contributed by atoms with Crippen LogP contribution in [0.5, 0.6) is 0 Å². The number of nitrogens with zero attached hydrogens (tertiary/aromatic N) is 4. The smallest absolute Gasteiger partial charge is 0.133 e. The highest BCUT2D eigenvalue weighted by molar-refractivity contribution is 5.85. The van der Waals surface area contributed by atoms with Gasteiger partial charge >= 0.3 is 0 Å². The van der Waals surface area contributed by atoms with E-state index in [1.165, 1.54) is 11.1 Å². The van der Waals surface area contributed by atoms with Crippen molar-refractivity contribution in [1.82, 2.24) is 20.1 Å². The third-order valence-corrected chi connectivity index (χ3v) is 3.58. The molecule has 0 aliphatic carbocycles. The van der Waals surface area contributed by atoms with Crippen LogP contribution in [0, 0.1) is 0 Å². The van der Waals surface area contributed by atoms with Crippen LogP contribution >= 0.6 is 12.4 Å². The van der Waals surface area contributed by atoms with E-state index in [1.807, 2.05) is 36.4 Å². The number of pyridine rings is 1. The molecule has 0 aromatic carbocycles. The Morgan fingerprint density at radius 3 is 2.82 bits per heavy atom. The molecular weight excluding hydrogens is 302 g/mol. The van der Waals surface area contributed by atoms with Crippen LogP contribution in [0.2, 0.25) is 0 Å². The lowest BCUT2D eigenvalue weighted by atomic mass is 10.2. The highest BCUT2D eigenvalue weighted by Gasteiger charge is 2.15. The summed E-state index contributed by atoms with van der Waals surface area (Å²) in [5.41, 5.74) is 2.41. The highest BCUT2D eigenvalue weighted by Crippen LogP contribution is 2.18. The summed E-state index contributed by atoms with van der Waals surface area (Å²) in [5, 5.41) is 7.64. The predicted octanol–water partition coefficient (Wildman–Crippen LogP) is 1.36. The Morgan fingerprint density at radius 2 is 2.09 bits per heavy atom. The van der Waals surface area contributed by atoms with Gasteiger partial charge in [0.2, 0.25) is 0 Å². The number of halogens is 1. The van der Waals surface area contributed by atoms with Crippen LogP contribution in [-0.4, -0.2) is 41.1 Å². The molecule has 0 radical (unpaired) electrons. The van der Waals surface area contributed by atoms with E-state index < -0.39 is 0 Å². The molecule has 2 aromatic rings. The fourth-order valence-corrected chi connectivity index (χ4v) is 2.53. The number of ether oxygens (including phenoxy) is 1. The molecule has 2 aromatic heterocycles. The molecule has 3 rings (SSSR count). The summed E-state index contributed by atoms with van der Waals surface area (Å²) in [7, 11) is 1.93. The Balaban J connectivity index is 0.00000176. The van der Waals surface area contributed by atoms with Crippen LogP contribution in [0.1, 0.15) is 11.1 Å². The summed E-state index contributed by atoms with van der Waals surface area (Å²) in [4.78, 5) is 6.84. The molecule has 120 valence electrons. The van der Waals surface area contributed by atoms with Gasteiger partial charge in [0.05, 0.1) is 19.4 Å². The number of rotatable bonds is 5. The number of anilines is 1. The highest BCUT2D eigenvalue weighted by atomic mass is 35.5. The number of morpholine rings is 1. The monoisotopic (exact) mass is 323 g/mol. The normalized spacial score (nSPS) is 14.7. The molecule has 0 saturated carbocycles. The lowest BCUT2D eigenvalue weighted by molar-refractivity contribution is 0.122. The second-order valence-corrected chi connectivity index (χ2v) is 5.21. The van der Waals surface area contributed by atoms with Gasteiger partial charge in [0.15, 0.2) is 0 Å². The maximum absolute atomic E-state index is 5.41. The quantitative estimate of drug-likeness (QED) is 0.900. The summed E-state index contributed by atoms with van der Waals surface area (Å²) in [6, 6.07) is 4.12. The van der Waals surface area contributed by atoms with Crippen molar-refractivity contribution >= 4 is 18.2 Å². The maximum atomic E-state index is 5.41. The lowest BCUT2D eigenvalue weighted by Crippen LogP contribution is -2.37. The Bertz CT molecular complexity index is 583. The van der Waals surface area contributed by atoms with E-state index in [-0.39, 0.29) is 12.4 Å². The molecule has 1 saturated heterocycles. The first-order valence-corrected chi connectivity index (χ1v) is 7.28. The largest absolute Gasteiger partial charge is 0.378 e. The summed E-state index contributed by atoms with van der Waals surface area (Å²) < 4.78 is 7.23. The minimum absolute atomic E-state index is 0. The molecule has 0 amide bonds. The van der Waals surface area contributed by atoms with Crippen molar-refractivity contribution in [3.05, 3.63) is 41.9 Å². The van der Waals surface area contributed by atoms with E-state index in [4.69, 9.17) is 4.74 Å². The molecule has 6 nitrogen and oxygen atoms in total. The van der Waals surface area contributed by atoms with Crippen LogP contribution < -0.4 is 10.2 Å². The zero-order valence-corrected chi connectivity index (χ0v) is 13.6. The molecule has 1 fully saturated rings. The number of aromatic nitrogens is 3. The second-order valence-electron chi connectivity index (χ2n) is 5.21. The third-order valence-electron chi connectivity index (χ3n) is 3.58. The van der Waals surface area contributed by atoms with Gasteiger partial charge in [-0.2, -0.15) is 5.10 Å². The molecule has 0 unspecified atom stereocenters. The fourth-order valence-electron chi connectivity index (χ4n) is 2.53. The predicted molar refractivity (Wildman–Crippen MR) is 88.3 cm³/mol. The van der Waals surface area contributed by atoms with Crippen LogP contribution in [-0.2, 0) is 24.9 Å². The Kier molecular flexibility index (Phi) is 6.18. The van der Waals surface area contributed by atoms with Crippen molar-refractivity contribution in [1.29, 1.82) is 0 Å². The Labute approximate surface area is 136 Å². The number of aryl methyl sites for hydroxylation is 1. The minimum Gasteiger partial charge on any atom is -0.378 e. The van der Waals surface area contributed by atoms with E-state index >= 15 is 0 Å². The van der Waals surface area contributed by atoms with Gasteiger partial charge in [0, 0.05) is 56.7 Å². The average molecular weight is 324 g/mol. The van der Waals surface area contributed by atoms with Gasteiger partial charge in [-0.05, 0) is 6.07 Å². The molecule has 22 heavy (non-hydrogen) atoms. The van der Waals surface area contributed by atoms with Crippen LogP contribution in [0.4, 0.5) is 5.82 Å². The Morgan fingerprint density at radius 1 is 1.27 bits per heavy atom. The lowest BCUT2D eigenvalue weighted by Gasteiger charge is -2.29. The van der Waals surface area contributed by atoms with E-state index in [0.717, 1.165) is 45.2 Å². The SMILES string of the molecule is Cl.Cn1cc(CNCc2cccnc2N2CCOCC2)cn1. The summed E-state index contributed by atoms with van der Waals surface area (Å²) >= 11 is 0. The van der Waals surface area contributed by atoms with Crippen molar-refractivity contribution in [2.75, 3.05) is 31.2 Å². The van der Waals surface area contributed by atoms with Crippen molar-refractivity contribution in [2.24, 2.45) is 7.05 Å². The summed E-state index contributed by atoms with van der Waals surface area (Å²) in [6.45, 7) is 4.98. The molecule has 0 bridgehead atoms. The molecule has 1 aliphatic heterocycles. The van der Waals surface area contributed by atoms with Gasteiger partial charge in [0.1, 0.15) is 5.82 Å². The number of hydrogen-bond donors (Lipinski definition) is 1. The summed E-state index contributed by atoms with van der Waals surface area (Å²) in [5.74, 6) is 1.07. The standard InChI is InChI=1S/C15H21N5O.ClH/c1-19-12-13(10-18-19)9-16-11-14-3-2-4-17-15(14)20-5-7-21-8-6-20;/h2-4,10,12,16H,5-9,11H2,1H3;1H. The van der Waals surface area contributed by atoms with Crippen molar-refractivity contribution in [2.45, 2.75) is 13.1 Å². The number of hydrogen-bond acceptors (Lipinski definition) is 5. The molecule has 0 spiro atoms. The minimum atomic E-state index is 0. The Hall–Kier alpha value is -1.63. The van der Waals surface area contributed by atoms with E-state index in [1.54, 1.807) is 0 Å². The molecular formula is C15H22ClN5O. The zero-order valence-electron chi connectivity index (χ0n) is 12.7. The van der Waals surface area contributed by atoms with Crippen molar-refractivity contribution in [3.63, 3.8) is 0 Å². The molecule has 7 heteroatoms. The fraction of sp³-hybridized carbons (Fsp3) is 0.467. The number of nitrogens with one attached hydrogen (secondary N) is 1. The molecule has 1 N–H and O–H groups in total. The van der Waals surface area contributed by atoms with Gasteiger partial charge in [-0.1, -0.05) is 6.07 Å². The zero-order chi connectivity index (χ0) is 14.5. The van der Waals surface area contributed by atoms with Gasteiger partial charge < -0.3 is 15.0 Å². The first-order valence-electron chi connectivity index (χ1n) is 7.28. The van der Waals surface area contributed by atoms with Crippen LogP contribution in [0.25, 0.3) is 0 Å². The van der Waals surface area contributed by atoms with E-state index in [2.05, 4.69) is 26.4 Å². The molecule has 3 heterocycles. The average Bonchev–Trinajstić information content (AvgIpc) is 2.94. The summed E-state index contributed by atoms with van der Waals surface area (Å²) in [6.07, 6.45) is 5.77. The van der Waals surface area contributed by atoms with E-state index in [9.17, 15) is 0 Å². The van der Waals surface area contributed by atoms with E-state index in [0.29, 0.717) is 0 Å². The molecule has 1 aliphatic rings. The first kappa shape index (κ1) is 16.7. The molecule has 0 atom stereocenters. The third kappa shape index (κ3) is 4.19. The van der Waals surface area contributed by atoms with Gasteiger partial charge in [-0.25, -0.2) is 4.98 Å². The maximum Gasteiger partial charge on any atom is 0.133 e. The second kappa shape index (κ2) is 8.12. The van der Waals surface area contributed by atoms with Gasteiger partial charge in [-0.15, -0.1) is 12.4 Å². The van der Waals surface area contributed by atoms with Gasteiger partial charge in [0.25, 0.3) is 0 Å². The first-order chi connectivity index (χ1) is 10.3.